The molecule has 0 saturated carbocycles. The van der Waals surface area contributed by atoms with Crippen molar-refractivity contribution >= 4 is 17.3 Å². The Balaban J connectivity index is 1.70. The van der Waals surface area contributed by atoms with Crippen LogP contribution >= 0.6 is 0 Å². The van der Waals surface area contributed by atoms with E-state index in [0.717, 1.165) is 24.9 Å². The average Bonchev–Trinajstić information content (AvgIpc) is 3.00. The smallest absolute Gasteiger partial charge is 0.251 e. The number of hydrogen-bond donors (Lipinski definition) is 2. The number of benzene rings is 1. The van der Waals surface area contributed by atoms with E-state index in [0.29, 0.717) is 17.4 Å². The van der Waals surface area contributed by atoms with Gasteiger partial charge in [-0.1, -0.05) is 0 Å². The minimum absolute atomic E-state index is 0.0665. The van der Waals surface area contributed by atoms with Crippen LogP contribution in [0.5, 0.6) is 0 Å². The maximum Gasteiger partial charge on any atom is 0.251 e. The van der Waals surface area contributed by atoms with E-state index in [9.17, 15) is 4.79 Å². The van der Waals surface area contributed by atoms with Gasteiger partial charge in [-0.25, -0.2) is 0 Å². The molecule has 1 amide bonds. The van der Waals surface area contributed by atoms with Gasteiger partial charge in [-0.2, -0.15) is 0 Å². The van der Waals surface area contributed by atoms with Gasteiger partial charge in [0.2, 0.25) is 0 Å². The quantitative estimate of drug-likeness (QED) is 0.818. The van der Waals surface area contributed by atoms with Gasteiger partial charge in [0.05, 0.1) is 29.6 Å². The summed E-state index contributed by atoms with van der Waals surface area (Å²) in [5.74, 6) is -0.0665. The van der Waals surface area contributed by atoms with Crippen LogP contribution in [0.2, 0.25) is 0 Å². The van der Waals surface area contributed by atoms with Crippen LogP contribution < -0.4 is 16.0 Å². The van der Waals surface area contributed by atoms with Gasteiger partial charge in [0, 0.05) is 19.7 Å². The zero-order valence-electron chi connectivity index (χ0n) is 11.9. The number of rotatable bonds is 3. The second-order valence-corrected chi connectivity index (χ2v) is 5.86. The highest BCUT2D eigenvalue weighted by Crippen LogP contribution is 2.34. The predicted molar refractivity (Wildman–Crippen MR) is 78.9 cm³/mol. The number of amides is 1. The molecule has 3 N–H and O–H groups in total. The van der Waals surface area contributed by atoms with Crippen LogP contribution in [-0.2, 0) is 4.74 Å². The van der Waals surface area contributed by atoms with Crippen LogP contribution in [0, 0.1) is 0 Å². The van der Waals surface area contributed by atoms with Gasteiger partial charge in [-0.15, -0.1) is 0 Å². The standard InChI is InChI=1S/C15H21N3O2/c1-18(2)13-5-3-9(7-11(13)16)15(19)17-12-8-10-4-6-14(12)20-10/h3,5,7,10,12,14H,4,6,8,16H2,1-2H3,(H,17,19). The molecule has 1 aromatic carbocycles. The highest BCUT2D eigenvalue weighted by Gasteiger charge is 2.41. The van der Waals surface area contributed by atoms with E-state index in [1.165, 1.54) is 0 Å². The lowest BCUT2D eigenvalue weighted by molar-refractivity contribution is 0.0841. The molecule has 5 heteroatoms. The van der Waals surface area contributed by atoms with Crippen molar-refractivity contribution < 1.29 is 9.53 Å². The van der Waals surface area contributed by atoms with Crippen LogP contribution in [0.1, 0.15) is 29.6 Å². The van der Waals surface area contributed by atoms with E-state index in [-0.39, 0.29) is 18.1 Å². The fourth-order valence-electron chi connectivity index (χ4n) is 3.14. The summed E-state index contributed by atoms with van der Waals surface area (Å²) >= 11 is 0. The summed E-state index contributed by atoms with van der Waals surface area (Å²) < 4.78 is 5.75. The number of nitrogen functional groups attached to an aromatic ring is 1. The first kappa shape index (κ1) is 13.2. The SMILES string of the molecule is CN(C)c1ccc(C(=O)NC2CC3CCC2O3)cc1N. The van der Waals surface area contributed by atoms with Crippen molar-refractivity contribution in [1.82, 2.24) is 5.32 Å². The first-order valence-electron chi connectivity index (χ1n) is 7.08. The Morgan fingerprint density at radius 3 is 2.75 bits per heavy atom. The molecule has 2 heterocycles. The number of nitrogens with zero attached hydrogens (tertiary/aromatic N) is 1. The lowest BCUT2D eigenvalue weighted by atomic mass is 9.95. The maximum atomic E-state index is 12.3. The summed E-state index contributed by atoms with van der Waals surface area (Å²) in [7, 11) is 3.86. The van der Waals surface area contributed by atoms with E-state index in [4.69, 9.17) is 10.5 Å². The number of carbonyl (C=O) groups is 1. The Labute approximate surface area is 119 Å². The van der Waals surface area contributed by atoms with Crippen molar-refractivity contribution in [2.45, 2.75) is 37.5 Å². The van der Waals surface area contributed by atoms with Gasteiger partial charge in [0.1, 0.15) is 0 Å². The summed E-state index contributed by atoms with van der Waals surface area (Å²) in [6.45, 7) is 0. The number of fused-ring (bicyclic) bond motifs is 2. The zero-order chi connectivity index (χ0) is 14.3. The number of ether oxygens (including phenoxy) is 1. The Morgan fingerprint density at radius 2 is 2.20 bits per heavy atom. The second-order valence-electron chi connectivity index (χ2n) is 5.86. The van der Waals surface area contributed by atoms with Crippen molar-refractivity contribution in [1.29, 1.82) is 0 Å². The van der Waals surface area contributed by atoms with Crippen molar-refractivity contribution in [3.05, 3.63) is 23.8 Å². The third kappa shape index (κ3) is 2.33. The largest absolute Gasteiger partial charge is 0.397 e. The van der Waals surface area contributed by atoms with Gasteiger partial charge in [-0.05, 0) is 37.5 Å². The van der Waals surface area contributed by atoms with E-state index in [2.05, 4.69) is 5.32 Å². The Hall–Kier alpha value is -1.75. The van der Waals surface area contributed by atoms with E-state index in [1.807, 2.05) is 31.1 Å². The summed E-state index contributed by atoms with van der Waals surface area (Å²) in [5, 5.41) is 3.07. The number of nitrogens with one attached hydrogen (secondary N) is 1. The van der Waals surface area contributed by atoms with Crippen LogP contribution in [0.4, 0.5) is 11.4 Å². The van der Waals surface area contributed by atoms with Gasteiger partial charge in [0.15, 0.2) is 0 Å². The molecule has 0 radical (unpaired) electrons. The molecule has 2 saturated heterocycles. The van der Waals surface area contributed by atoms with E-state index >= 15 is 0 Å². The fraction of sp³-hybridized carbons (Fsp3) is 0.533. The first-order valence-corrected chi connectivity index (χ1v) is 7.08. The number of nitrogens with two attached hydrogens (primary N) is 1. The van der Waals surface area contributed by atoms with Gasteiger partial charge in [-0.3, -0.25) is 4.79 Å². The lowest BCUT2D eigenvalue weighted by Crippen LogP contribution is -2.41. The Bertz CT molecular complexity index is 530. The van der Waals surface area contributed by atoms with Crippen molar-refractivity contribution in [3.63, 3.8) is 0 Å². The average molecular weight is 275 g/mol. The monoisotopic (exact) mass is 275 g/mol. The molecule has 3 rings (SSSR count). The molecular weight excluding hydrogens is 254 g/mol. The van der Waals surface area contributed by atoms with Crippen LogP contribution in [-0.4, -0.2) is 38.3 Å². The highest BCUT2D eigenvalue weighted by atomic mass is 16.5. The van der Waals surface area contributed by atoms with Crippen molar-refractivity contribution in [2.24, 2.45) is 0 Å². The van der Waals surface area contributed by atoms with Gasteiger partial charge in [0.25, 0.3) is 5.91 Å². The molecule has 1 aromatic rings. The third-order valence-corrected chi connectivity index (χ3v) is 4.19. The molecule has 2 bridgehead atoms. The normalized spacial score (nSPS) is 27.6. The van der Waals surface area contributed by atoms with Gasteiger partial charge >= 0.3 is 0 Å². The van der Waals surface area contributed by atoms with Crippen molar-refractivity contribution in [2.75, 3.05) is 24.7 Å². The topological polar surface area (TPSA) is 67.6 Å². The molecule has 5 nitrogen and oxygen atoms in total. The van der Waals surface area contributed by atoms with Crippen molar-refractivity contribution in [3.8, 4) is 0 Å². The summed E-state index contributed by atoms with van der Waals surface area (Å²) in [4.78, 5) is 14.2. The highest BCUT2D eigenvalue weighted by molar-refractivity contribution is 5.96. The fourth-order valence-corrected chi connectivity index (χ4v) is 3.14. The Morgan fingerprint density at radius 1 is 1.40 bits per heavy atom. The number of hydrogen-bond acceptors (Lipinski definition) is 4. The molecule has 0 spiro atoms. The van der Waals surface area contributed by atoms with Gasteiger partial charge < -0.3 is 20.7 Å². The summed E-state index contributed by atoms with van der Waals surface area (Å²) in [5.41, 5.74) is 8.13. The van der Waals surface area contributed by atoms with Crippen LogP contribution in [0.3, 0.4) is 0 Å². The second kappa shape index (κ2) is 4.98. The van der Waals surface area contributed by atoms with E-state index < -0.39 is 0 Å². The molecule has 2 aliphatic heterocycles. The molecular formula is C15H21N3O2. The molecule has 20 heavy (non-hydrogen) atoms. The zero-order valence-corrected chi connectivity index (χ0v) is 11.9. The number of carbonyl (C=O) groups excluding carboxylic acids is 1. The molecule has 108 valence electrons. The van der Waals surface area contributed by atoms with Crippen LogP contribution in [0.15, 0.2) is 18.2 Å². The van der Waals surface area contributed by atoms with Crippen LogP contribution in [0.25, 0.3) is 0 Å². The molecule has 3 atom stereocenters. The minimum Gasteiger partial charge on any atom is -0.397 e. The minimum atomic E-state index is -0.0665. The number of anilines is 2. The molecule has 0 aliphatic carbocycles. The third-order valence-electron chi connectivity index (χ3n) is 4.19. The lowest BCUT2D eigenvalue weighted by Gasteiger charge is -2.21. The summed E-state index contributed by atoms with van der Waals surface area (Å²) in [6.07, 6.45) is 3.65. The molecule has 0 aromatic heterocycles. The molecule has 2 fully saturated rings. The Kier molecular flexibility index (Phi) is 3.30. The summed E-state index contributed by atoms with van der Waals surface area (Å²) in [6, 6.07) is 5.58. The molecule has 2 aliphatic rings. The molecule has 3 unspecified atom stereocenters. The predicted octanol–water partition coefficient (Wildman–Crippen LogP) is 1.38. The first-order chi connectivity index (χ1) is 9.54. The van der Waals surface area contributed by atoms with E-state index in [1.54, 1.807) is 6.07 Å². The maximum absolute atomic E-state index is 12.3.